The third-order valence-corrected chi connectivity index (χ3v) is 4.68. The van der Waals surface area contributed by atoms with Crippen molar-refractivity contribution in [1.29, 1.82) is 0 Å². The van der Waals surface area contributed by atoms with Gasteiger partial charge in [0, 0.05) is 43.3 Å². The van der Waals surface area contributed by atoms with Crippen LogP contribution in [0.5, 0.6) is 0 Å². The lowest BCUT2D eigenvalue weighted by molar-refractivity contribution is -0.117. The summed E-state index contributed by atoms with van der Waals surface area (Å²) in [5.41, 5.74) is 4.48. The molecule has 2 aromatic carbocycles. The average Bonchev–Trinajstić information content (AvgIpc) is 3.08. The maximum Gasteiger partial charge on any atom is 0.227 e. The van der Waals surface area contributed by atoms with E-state index in [1.54, 1.807) is 0 Å². The highest BCUT2D eigenvalue weighted by Crippen LogP contribution is 2.21. The van der Waals surface area contributed by atoms with Gasteiger partial charge in [0.05, 0.1) is 5.52 Å². The molecule has 0 spiro atoms. The fraction of sp³-hybridized carbons (Fsp3) is 0.238. The van der Waals surface area contributed by atoms with Crippen LogP contribution in [0, 0.1) is 0 Å². The highest BCUT2D eigenvalue weighted by Gasteiger charge is 2.21. The lowest BCUT2D eigenvalue weighted by atomic mass is 10.1. The van der Waals surface area contributed by atoms with Crippen LogP contribution in [0.2, 0.25) is 0 Å². The zero-order valence-electron chi connectivity index (χ0n) is 14.1. The summed E-state index contributed by atoms with van der Waals surface area (Å²) in [4.78, 5) is 18.2. The normalized spacial score (nSPS) is 14.4. The number of para-hydroxylation sites is 1. The molecule has 0 unspecified atom stereocenters. The lowest BCUT2D eigenvalue weighted by Crippen LogP contribution is -2.23. The number of pyridine rings is 1. The van der Waals surface area contributed by atoms with E-state index in [9.17, 15) is 4.79 Å². The van der Waals surface area contributed by atoms with E-state index < -0.39 is 0 Å². The molecule has 4 heteroatoms. The van der Waals surface area contributed by atoms with Crippen molar-refractivity contribution in [3.63, 3.8) is 0 Å². The van der Waals surface area contributed by atoms with E-state index in [1.807, 2.05) is 29.3 Å². The molecule has 4 rings (SSSR count). The Morgan fingerprint density at radius 1 is 1.00 bits per heavy atom. The minimum Gasteiger partial charge on any atom is -0.312 e. The maximum atomic E-state index is 11.8. The third kappa shape index (κ3) is 3.39. The predicted octanol–water partition coefficient (Wildman–Crippen LogP) is 3.65. The molecule has 25 heavy (non-hydrogen) atoms. The van der Waals surface area contributed by atoms with Crippen LogP contribution in [-0.2, 0) is 17.9 Å². The standard InChI is InChI=1S/C21H21N3O/c25-20-7-3-13-24(20)19-10-8-16(9-11-19)14-22-15-18-5-1-4-17-6-2-12-23-21(17)18/h1-2,4-6,8-12,22H,3,7,13-15H2. The highest BCUT2D eigenvalue weighted by molar-refractivity contribution is 5.95. The zero-order valence-corrected chi connectivity index (χ0v) is 14.1. The van der Waals surface area contributed by atoms with Crippen molar-refractivity contribution in [2.75, 3.05) is 11.4 Å². The number of nitrogens with one attached hydrogen (secondary N) is 1. The van der Waals surface area contributed by atoms with Gasteiger partial charge in [-0.1, -0.05) is 36.4 Å². The van der Waals surface area contributed by atoms with Crippen LogP contribution in [0.3, 0.4) is 0 Å². The molecular formula is C21H21N3O. The van der Waals surface area contributed by atoms with E-state index in [1.165, 1.54) is 16.5 Å². The maximum absolute atomic E-state index is 11.8. The van der Waals surface area contributed by atoms with Gasteiger partial charge < -0.3 is 10.2 Å². The van der Waals surface area contributed by atoms with Crippen molar-refractivity contribution in [2.24, 2.45) is 0 Å². The monoisotopic (exact) mass is 331 g/mol. The largest absolute Gasteiger partial charge is 0.312 e. The zero-order chi connectivity index (χ0) is 17.1. The first-order chi connectivity index (χ1) is 12.3. The minimum absolute atomic E-state index is 0.231. The molecular weight excluding hydrogens is 310 g/mol. The molecule has 126 valence electrons. The van der Waals surface area contributed by atoms with Gasteiger partial charge in [-0.25, -0.2) is 0 Å². The Hall–Kier alpha value is -2.72. The number of carbonyl (C=O) groups is 1. The molecule has 4 nitrogen and oxygen atoms in total. The molecule has 0 saturated carbocycles. The summed E-state index contributed by atoms with van der Waals surface area (Å²) in [6.07, 6.45) is 3.47. The summed E-state index contributed by atoms with van der Waals surface area (Å²) < 4.78 is 0. The van der Waals surface area contributed by atoms with Crippen molar-refractivity contribution < 1.29 is 4.79 Å². The first-order valence-electron chi connectivity index (χ1n) is 8.74. The van der Waals surface area contributed by atoms with Gasteiger partial charge in [0.1, 0.15) is 0 Å². The first kappa shape index (κ1) is 15.8. The van der Waals surface area contributed by atoms with Gasteiger partial charge in [-0.3, -0.25) is 9.78 Å². The summed E-state index contributed by atoms with van der Waals surface area (Å²) in [5, 5.41) is 4.66. The molecule has 0 radical (unpaired) electrons. The molecule has 1 aliphatic heterocycles. The van der Waals surface area contributed by atoms with Crippen molar-refractivity contribution in [2.45, 2.75) is 25.9 Å². The van der Waals surface area contributed by atoms with Crippen LogP contribution < -0.4 is 10.2 Å². The van der Waals surface area contributed by atoms with E-state index in [2.05, 4.69) is 46.7 Å². The number of nitrogens with zero attached hydrogens (tertiary/aromatic N) is 2. The Morgan fingerprint density at radius 2 is 1.84 bits per heavy atom. The highest BCUT2D eigenvalue weighted by atomic mass is 16.2. The van der Waals surface area contributed by atoms with Gasteiger partial charge in [0.2, 0.25) is 5.91 Å². The minimum atomic E-state index is 0.231. The SMILES string of the molecule is O=C1CCCN1c1ccc(CNCc2cccc3cccnc23)cc1. The van der Waals surface area contributed by atoms with Crippen molar-refractivity contribution >= 4 is 22.5 Å². The Balaban J connectivity index is 1.39. The average molecular weight is 331 g/mol. The second-order valence-electron chi connectivity index (χ2n) is 6.41. The molecule has 1 aromatic heterocycles. The molecule has 3 aromatic rings. The van der Waals surface area contributed by atoms with E-state index in [-0.39, 0.29) is 5.91 Å². The summed E-state index contributed by atoms with van der Waals surface area (Å²) in [7, 11) is 0. The molecule has 1 saturated heterocycles. The molecule has 1 fully saturated rings. The molecule has 0 aliphatic carbocycles. The van der Waals surface area contributed by atoms with Crippen molar-refractivity contribution in [3.8, 4) is 0 Å². The summed E-state index contributed by atoms with van der Waals surface area (Å²) >= 11 is 0. The Morgan fingerprint density at radius 3 is 2.64 bits per heavy atom. The van der Waals surface area contributed by atoms with Gasteiger partial charge in [-0.05, 0) is 35.7 Å². The molecule has 0 atom stereocenters. The van der Waals surface area contributed by atoms with Crippen LogP contribution in [0.25, 0.3) is 10.9 Å². The number of rotatable bonds is 5. The van der Waals surface area contributed by atoms with E-state index in [4.69, 9.17) is 0 Å². The predicted molar refractivity (Wildman–Crippen MR) is 100 cm³/mol. The molecule has 2 heterocycles. The van der Waals surface area contributed by atoms with Gasteiger partial charge in [-0.15, -0.1) is 0 Å². The summed E-state index contributed by atoms with van der Waals surface area (Å²) in [6, 6.07) is 18.6. The first-order valence-corrected chi connectivity index (χ1v) is 8.74. The quantitative estimate of drug-likeness (QED) is 0.776. The Kier molecular flexibility index (Phi) is 4.44. The fourth-order valence-electron chi connectivity index (χ4n) is 3.37. The van der Waals surface area contributed by atoms with E-state index in [0.29, 0.717) is 6.42 Å². The van der Waals surface area contributed by atoms with Crippen LogP contribution in [0.4, 0.5) is 5.69 Å². The number of amides is 1. The molecule has 1 aliphatic rings. The number of hydrogen-bond acceptors (Lipinski definition) is 3. The van der Waals surface area contributed by atoms with Crippen LogP contribution >= 0.6 is 0 Å². The second kappa shape index (κ2) is 7.03. The number of carbonyl (C=O) groups excluding carboxylic acids is 1. The summed E-state index contributed by atoms with van der Waals surface area (Å²) in [6.45, 7) is 2.41. The number of benzene rings is 2. The Labute approximate surface area is 147 Å². The van der Waals surface area contributed by atoms with Crippen LogP contribution in [0.1, 0.15) is 24.0 Å². The van der Waals surface area contributed by atoms with Gasteiger partial charge >= 0.3 is 0 Å². The van der Waals surface area contributed by atoms with E-state index >= 15 is 0 Å². The number of aromatic nitrogens is 1. The topological polar surface area (TPSA) is 45.2 Å². The summed E-state index contributed by atoms with van der Waals surface area (Å²) in [5.74, 6) is 0.231. The smallest absolute Gasteiger partial charge is 0.227 e. The van der Waals surface area contributed by atoms with Gasteiger partial charge in [0.25, 0.3) is 0 Å². The number of fused-ring (bicyclic) bond motifs is 1. The van der Waals surface area contributed by atoms with Crippen LogP contribution in [-0.4, -0.2) is 17.4 Å². The number of hydrogen-bond donors (Lipinski definition) is 1. The van der Waals surface area contributed by atoms with E-state index in [0.717, 1.165) is 37.3 Å². The van der Waals surface area contributed by atoms with Crippen molar-refractivity contribution in [3.05, 3.63) is 71.9 Å². The molecule has 1 amide bonds. The van der Waals surface area contributed by atoms with Gasteiger partial charge in [-0.2, -0.15) is 0 Å². The Bertz CT molecular complexity index is 884. The lowest BCUT2D eigenvalue weighted by Gasteiger charge is -2.16. The number of anilines is 1. The van der Waals surface area contributed by atoms with Crippen LogP contribution in [0.15, 0.2) is 60.8 Å². The molecule has 0 bridgehead atoms. The molecule has 1 N–H and O–H groups in total. The van der Waals surface area contributed by atoms with Crippen molar-refractivity contribution in [1.82, 2.24) is 10.3 Å². The fourth-order valence-corrected chi connectivity index (χ4v) is 3.37. The third-order valence-electron chi connectivity index (χ3n) is 4.68. The second-order valence-corrected chi connectivity index (χ2v) is 6.41. The van der Waals surface area contributed by atoms with Gasteiger partial charge in [0.15, 0.2) is 0 Å².